The molecule has 36 heavy (non-hydrogen) atoms. The van der Waals surface area contributed by atoms with E-state index >= 15 is 8.78 Å². The molecule has 4 bridgehead atoms. The average Bonchev–Trinajstić information content (AvgIpc) is 3.59. The predicted octanol–water partition coefficient (Wildman–Crippen LogP) is 6.17. The zero-order chi connectivity index (χ0) is 24.8. The van der Waals surface area contributed by atoms with Gasteiger partial charge < -0.3 is 15.4 Å². The van der Waals surface area contributed by atoms with Gasteiger partial charge in [0.2, 0.25) is 0 Å². The van der Waals surface area contributed by atoms with Crippen molar-refractivity contribution in [3.8, 4) is 16.9 Å². The van der Waals surface area contributed by atoms with Gasteiger partial charge in [0.05, 0.1) is 16.6 Å². The largest absolute Gasteiger partial charge is 0.480 e. The van der Waals surface area contributed by atoms with Crippen LogP contribution in [0.1, 0.15) is 52.4 Å². The van der Waals surface area contributed by atoms with Gasteiger partial charge in [0.25, 0.3) is 5.91 Å². The highest BCUT2D eigenvalue weighted by atomic mass is 35.5. The lowest BCUT2D eigenvalue weighted by Crippen LogP contribution is -2.49. The molecule has 1 aliphatic carbocycles. The number of benzene rings is 3. The van der Waals surface area contributed by atoms with Crippen molar-refractivity contribution >= 4 is 23.2 Å². The molecule has 184 valence electrons. The molecule has 3 heterocycles. The minimum Gasteiger partial charge on any atom is -0.480 e. The number of hydrogen-bond donors (Lipinski definition) is 2. The van der Waals surface area contributed by atoms with Crippen LogP contribution >= 0.6 is 11.6 Å². The van der Waals surface area contributed by atoms with Gasteiger partial charge in [-0.25, -0.2) is 8.78 Å². The highest BCUT2D eigenvalue weighted by Gasteiger charge is 2.50. The zero-order valence-electron chi connectivity index (χ0n) is 19.8. The number of amides is 1. The molecule has 4 aliphatic rings. The van der Waals surface area contributed by atoms with Crippen LogP contribution in [0.2, 0.25) is 5.02 Å². The van der Waals surface area contributed by atoms with E-state index in [-0.39, 0.29) is 33.7 Å². The molecule has 1 fully saturated rings. The molecule has 0 unspecified atom stereocenters. The van der Waals surface area contributed by atoms with Crippen LogP contribution < -0.4 is 15.4 Å². The summed E-state index contributed by atoms with van der Waals surface area (Å²) in [5.41, 5.74) is 3.15. The lowest BCUT2D eigenvalue weighted by molar-refractivity contribution is 0.0539. The number of carbonyl (C=O) groups excluding carboxylic acids is 1. The van der Waals surface area contributed by atoms with E-state index in [1.807, 2.05) is 24.3 Å². The lowest BCUT2D eigenvalue weighted by Gasteiger charge is -2.35. The van der Waals surface area contributed by atoms with Gasteiger partial charge in [-0.1, -0.05) is 30.7 Å². The Bertz CT molecular complexity index is 1470. The Morgan fingerprint density at radius 1 is 1.11 bits per heavy atom. The Hall–Kier alpha value is -2.96. The Labute approximate surface area is 213 Å². The second kappa shape index (κ2) is 7.77. The predicted molar refractivity (Wildman–Crippen MR) is 135 cm³/mol. The third-order valence-corrected chi connectivity index (χ3v) is 8.70. The summed E-state index contributed by atoms with van der Waals surface area (Å²) in [7, 11) is 0. The van der Waals surface area contributed by atoms with E-state index in [1.165, 1.54) is 6.07 Å². The van der Waals surface area contributed by atoms with Crippen molar-refractivity contribution in [2.75, 3.05) is 11.9 Å². The van der Waals surface area contributed by atoms with E-state index < -0.39 is 23.1 Å². The number of hydrogen-bond acceptors (Lipinski definition) is 3. The molecule has 0 spiro atoms. The maximum atomic E-state index is 16.4. The summed E-state index contributed by atoms with van der Waals surface area (Å²) in [6, 6.07) is 10.6. The Kier molecular flexibility index (Phi) is 4.80. The third-order valence-electron chi connectivity index (χ3n) is 8.33. The molecular weight excluding hydrogens is 482 g/mol. The van der Waals surface area contributed by atoms with Crippen molar-refractivity contribution in [3.05, 3.63) is 80.9 Å². The number of halogens is 3. The number of anilines is 1. The average molecular weight is 507 g/mol. The Morgan fingerprint density at radius 3 is 2.78 bits per heavy atom. The van der Waals surface area contributed by atoms with Crippen molar-refractivity contribution in [1.82, 2.24) is 5.32 Å². The van der Waals surface area contributed by atoms with Gasteiger partial charge in [0.1, 0.15) is 17.4 Å². The first-order valence-corrected chi connectivity index (χ1v) is 12.9. The minimum absolute atomic E-state index is 0.0310. The molecule has 4 nitrogen and oxygen atoms in total. The second-order valence-electron chi connectivity index (χ2n) is 10.6. The van der Waals surface area contributed by atoms with Gasteiger partial charge in [0.15, 0.2) is 5.60 Å². The van der Waals surface area contributed by atoms with Crippen LogP contribution in [0.25, 0.3) is 11.1 Å². The molecule has 7 rings (SSSR count). The van der Waals surface area contributed by atoms with Crippen molar-refractivity contribution < 1.29 is 18.3 Å². The first-order valence-electron chi connectivity index (χ1n) is 12.6. The maximum Gasteiger partial charge on any atom is 0.256 e. The first kappa shape index (κ1) is 22.3. The number of nitrogens with one attached hydrogen (secondary N) is 2. The normalized spacial score (nSPS) is 25.6. The summed E-state index contributed by atoms with van der Waals surface area (Å²) in [5.74, 6) is -1.00. The molecule has 0 aromatic heterocycles. The fraction of sp³-hybridized carbons (Fsp3) is 0.345. The number of ether oxygens (including phenoxy) is 1. The second-order valence-corrected chi connectivity index (χ2v) is 11.0. The lowest BCUT2D eigenvalue weighted by atomic mass is 9.80. The van der Waals surface area contributed by atoms with E-state index in [4.69, 9.17) is 16.3 Å². The highest BCUT2D eigenvalue weighted by molar-refractivity contribution is 6.34. The standard InChI is InChI=1S/C29H25ClF2N2O2/c1-14-8-15-10-19-25(27(32)18(15)9-14)24-20-13-29(23-6-3-7-33-23,36-22(20)12-21(31)26(24)30)16-4-2-5-17(11-16)34-28(19)35/h2,4-5,10-12,14,23,33H,3,6-9,13H2,1H3,(H,34,35)/t14-,23+,29+/m1/s1. The van der Waals surface area contributed by atoms with Crippen LogP contribution in [-0.2, 0) is 24.9 Å². The molecule has 0 saturated carbocycles. The van der Waals surface area contributed by atoms with Gasteiger partial charge in [0, 0.05) is 34.9 Å². The molecule has 7 heteroatoms. The summed E-state index contributed by atoms with van der Waals surface area (Å²) in [5, 5.41) is 6.34. The zero-order valence-corrected chi connectivity index (χ0v) is 20.6. The fourth-order valence-corrected chi connectivity index (χ4v) is 6.99. The first-order chi connectivity index (χ1) is 17.4. The molecule has 3 aromatic rings. The quantitative estimate of drug-likeness (QED) is 0.415. The molecule has 1 saturated heterocycles. The van der Waals surface area contributed by atoms with Crippen molar-refractivity contribution in [2.24, 2.45) is 5.92 Å². The molecule has 1 amide bonds. The van der Waals surface area contributed by atoms with E-state index in [0.717, 1.165) is 30.5 Å². The van der Waals surface area contributed by atoms with Crippen LogP contribution in [0, 0.1) is 17.6 Å². The molecule has 0 radical (unpaired) electrons. The Morgan fingerprint density at radius 2 is 1.97 bits per heavy atom. The summed E-state index contributed by atoms with van der Waals surface area (Å²) < 4.78 is 38.4. The van der Waals surface area contributed by atoms with Crippen LogP contribution in [-0.4, -0.2) is 18.5 Å². The van der Waals surface area contributed by atoms with Crippen LogP contribution in [0.5, 0.6) is 5.75 Å². The molecular formula is C29H25ClF2N2O2. The summed E-state index contributed by atoms with van der Waals surface area (Å²) in [4.78, 5) is 13.7. The van der Waals surface area contributed by atoms with Gasteiger partial charge >= 0.3 is 0 Å². The highest BCUT2D eigenvalue weighted by Crippen LogP contribution is 2.53. The van der Waals surface area contributed by atoms with Crippen molar-refractivity contribution in [2.45, 2.75) is 50.7 Å². The monoisotopic (exact) mass is 506 g/mol. The van der Waals surface area contributed by atoms with Crippen LogP contribution in [0.15, 0.2) is 36.4 Å². The van der Waals surface area contributed by atoms with E-state index in [0.29, 0.717) is 41.8 Å². The topological polar surface area (TPSA) is 50.4 Å². The van der Waals surface area contributed by atoms with Crippen molar-refractivity contribution in [1.29, 1.82) is 0 Å². The summed E-state index contributed by atoms with van der Waals surface area (Å²) in [6.45, 7) is 2.92. The van der Waals surface area contributed by atoms with Gasteiger partial charge in [-0.2, -0.15) is 0 Å². The van der Waals surface area contributed by atoms with Crippen LogP contribution in [0.3, 0.4) is 0 Å². The van der Waals surface area contributed by atoms with Gasteiger partial charge in [-0.15, -0.1) is 0 Å². The number of rotatable bonds is 1. The molecule has 3 aromatic carbocycles. The number of carbonyl (C=O) groups is 1. The van der Waals surface area contributed by atoms with Gasteiger partial charge in [-0.05, 0) is 73.0 Å². The molecule has 3 aliphatic heterocycles. The number of fused-ring (bicyclic) bond motifs is 7. The summed E-state index contributed by atoms with van der Waals surface area (Å²) in [6.07, 6.45) is 3.52. The van der Waals surface area contributed by atoms with Crippen LogP contribution in [0.4, 0.5) is 14.5 Å². The SMILES string of the molecule is C[C@@H]1Cc2cc3c(c(F)c2C1)-c1c(Cl)c(F)cc2c1C[C@]([C@@H]1CCCN1)(O2)c1cccc(c1)NC3=O. The smallest absolute Gasteiger partial charge is 0.256 e. The van der Waals surface area contributed by atoms with E-state index in [2.05, 4.69) is 17.6 Å². The summed E-state index contributed by atoms with van der Waals surface area (Å²) >= 11 is 6.62. The van der Waals surface area contributed by atoms with Gasteiger partial charge in [-0.3, -0.25) is 4.79 Å². The Balaban J connectivity index is 1.57. The van der Waals surface area contributed by atoms with E-state index in [1.54, 1.807) is 6.07 Å². The third kappa shape index (κ3) is 3.04. The fourth-order valence-electron chi connectivity index (χ4n) is 6.73. The maximum absolute atomic E-state index is 16.4. The molecule has 3 atom stereocenters. The minimum atomic E-state index is -0.836. The molecule has 2 N–H and O–H groups in total. The van der Waals surface area contributed by atoms with Crippen molar-refractivity contribution in [3.63, 3.8) is 0 Å². The van der Waals surface area contributed by atoms with E-state index in [9.17, 15) is 4.79 Å².